The van der Waals surface area contributed by atoms with Crippen LogP contribution in [0.25, 0.3) is 5.78 Å². The van der Waals surface area contributed by atoms with Gasteiger partial charge in [-0.05, 0) is 20.3 Å². The van der Waals surface area contributed by atoms with E-state index in [1.165, 1.54) is 21.9 Å². The summed E-state index contributed by atoms with van der Waals surface area (Å²) in [4.78, 5) is 32.9. The summed E-state index contributed by atoms with van der Waals surface area (Å²) in [6, 6.07) is -0.232. The molecule has 8 nitrogen and oxygen atoms in total. The van der Waals surface area contributed by atoms with Crippen molar-refractivity contribution >= 4 is 17.7 Å². The summed E-state index contributed by atoms with van der Waals surface area (Å²) in [7, 11) is 0. The van der Waals surface area contributed by atoms with Crippen LogP contribution in [0.1, 0.15) is 36.8 Å². The Hall–Kier alpha value is -2.51. The van der Waals surface area contributed by atoms with Crippen LogP contribution in [0.2, 0.25) is 0 Å². The van der Waals surface area contributed by atoms with Gasteiger partial charge in [0.2, 0.25) is 0 Å². The Balaban J connectivity index is 2.48. The van der Waals surface area contributed by atoms with Crippen molar-refractivity contribution in [2.24, 2.45) is 0 Å². The first-order chi connectivity index (χ1) is 9.95. The zero-order valence-electron chi connectivity index (χ0n) is 12.1. The predicted molar refractivity (Wildman–Crippen MR) is 74.0 cm³/mol. The van der Waals surface area contributed by atoms with Crippen molar-refractivity contribution < 1.29 is 14.7 Å². The molecule has 1 N–H and O–H groups in total. The minimum absolute atomic E-state index is 0.232. The molecule has 2 rings (SSSR count). The van der Waals surface area contributed by atoms with Gasteiger partial charge in [0.15, 0.2) is 0 Å². The number of carbonyl (C=O) groups excluding carboxylic acids is 1. The van der Waals surface area contributed by atoms with E-state index in [-0.39, 0.29) is 18.5 Å². The highest BCUT2D eigenvalue weighted by atomic mass is 16.4. The van der Waals surface area contributed by atoms with Crippen LogP contribution in [0.3, 0.4) is 0 Å². The molecular formula is C13H17N5O3. The maximum atomic E-state index is 12.6. The second kappa shape index (κ2) is 5.86. The predicted octanol–water partition coefficient (Wildman–Crippen LogP) is 0.622. The first-order valence-electron chi connectivity index (χ1n) is 6.66. The number of rotatable bonds is 5. The van der Waals surface area contributed by atoms with E-state index in [1.807, 2.05) is 6.92 Å². The lowest BCUT2D eigenvalue weighted by atomic mass is 10.1. The lowest BCUT2D eigenvalue weighted by molar-refractivity contribution is -0.138. The van der Waals surface area contributed by atoms with Gasteiger partial charge < -0.3 is 10.0 Å². The summed E-state index contributed by atoms with van der Waals surface area (Å²) in [6.07, 6.45) is 3.36. The second-order valence-electron chi connectivity index (χ2n) is 4.86. The monoisotopic (exact) mass is 291 g/mol. The topological polar surface area (TPSA) is 101 Å². The summed E-state index contributed by atoms with van der Waals surface area (Å²) in [5.41, 5.74) is 1.02. The van der Waals surface area contributed by atoms with Crippen LogP contribution in [0.4, 0.5) is 0 Å². The molecule has 0 radical (unpaired) electrons. The Morgan fingerprint density at radius 2 is 2.10 bits per heavy atom. The van der Waals surface area contributed by atoms with Gasteiger partial charge in [-0.3, -0.25) is 9.59 Å². The SMILES string of the molecule is CCc1c(C(=O)N(CC(=O)O)C(C)C)cnc2ncnn12. The minimum Gasteiger partial charge on any atom is -0.480 e. The van der Waals surface area contributed by atoms with E-state index >= 15 is 0 Å². The lowest BCUT2D eigenvalue weighted by Gasteiger charge is -2.25. The zero-order valence-corrected chi connectivity index (χ0v) is 12.1. The molecule has 2 aromatic rings. The number of carboxylic acids is 1. The van der Waals surface area contributed by atoms with Crippen LogP contribution < -0.4 is 0 Å². The summed E-state index contributed by atoms with van der Waals surface area (Å²) < 4.78 is 1.51. The van der Waals surface area contributed by atoms with Gasteiger partial charge in [-0.25, -0.2) is 9.50 Å². The maximum Gasteiger partial charge on any atom is 0.323 e. The van der Waals surface area contributed by atoms with Crippen LogP contribution in [-0.4, -0.2) is 54.1 Å². The standard InChI is InChI=1S/C13H17N5O3/c1-4-10-9(5-14-13-15-7-16-18(10)13)12(21)17(8(2)3)6-11(19)20/h5,7-8H,4,6H2,1-3H3,(H,19,20). The molecule has 1 amide bonds. The Kier molecular flexibility index (Phi) is 4.15. The second-order valence-corrected chi connectivity index (χ2v) is 4.86. The number of nitrogens with zero attached hydrogens (tertiary/aromatic N) is 5. The number of aliphatic carboxylic acids is 1. The number of aromatic nitrogens is 4. The van der Waals surface area contributed by atoms with E-state index in [2.05, 4.69) is 15.1 Å². The Morgan fingerprint density at radius 3 is 2.67 bits per heavy atom. The van der Waals surface area contributed by atoms with Gasteiger partial charge in [0.1, 0.15) is 12.9 Å². The molecule has 0 bridgehead atoms. The summed E-state index contributed by atoms with van der Waals surface area (Å²) in [6.45, 7) is 5.08. The molecule has 0 saturated heterocycles. The number of hydrogen-bond acceptors (Lipinski definition) is 5. The smallest absolute Gasteiger partial charge is 0.323 e. The van der Waals surface area contributed by atoms with Crippen LogP contribution in [-0.2, 0) is 11.2 Å². The molecule has 112 valence electrons. The van der Waals surface area contributed by atoms with Crippen molar-refractivity contribution in [3.05, 3.63) is 23.8 Å². The molecule has 8 heteroatoms. The van der Waals surface area contributed by atoms with Gasteiger partial charge in [-0.15, -0.1) is 0 Å². The molecule has 0 unspecified atom stereocenters. The van der Waals surface area contributed by atoms with Crippen molar-refractivity contribution in [1.82, 2.24) is 24.5 Å². The molecule has 0 aliphatic heterocycles. The van der Waals surface area contributed by atoms with Crippen molar-refractivity contribution in [1.29, 1.82) is 0 Å². The average molecular weight is 291 g/mol. The van der Waals surface area contributed by atoms with E-state index in [0.717, 1.165) is 0 Å². The molecule has 0 saturated carbocycles. The number of carboxylic acid groups (broad SMARTS) is 1. The molecule has 0 atom stereocenters. The van der Waals surface area contributed by atoms with Gasteiger partial charge in [0.05, 0.1) is 11.3 Å². The Bertz CT molecular complexity index is 679. The van der Waals surface area contributed by atoms with Crippen molar-refractivity contribution in [2.75, 3.05) is 6.54 Å². The van der Waals surface area contributed by atoms with Crippen LogP contribution in [0, 0.1) is 0 Å². The fraction of sp³-hybridized carbons (Fsp3) is 0.462. The number of fused-ring (bicyclic) bond motifs is 1. The molecule has 2 heterocycles. The largest absolute Gasteiger partial charge is 0.480 e. The van der Waals surface area contributed by atoms with E-state index < -0.39 is 5.97 Å². The summed E-state index contributed by atoms with van der Waals surface area (Å²) >= 11 is 0. The Morgan fingerprint density at radius 1 is 1.38 bits per heavy atom. The van der Waals surface area contributed by atoms with E-state index in [9.17, 15) is 9.59 Å². The maximum absolute atomic E-state index is 12.6. The van der Waals surface area contributed by atoms with Crippen molar-refractivity contribution in [3.63, 3.8) is 0 Å². The molecule has 2 aromatic heterocycles. The average Bonchev–Trinajstić information content (AvgIpc) is 2.90. The normalized spacial score (nSPS) is 11.0. The molecule has 21 heavy (non-hydrogen) atoms. The minimum atomic E-state index is -1.05. The Labute approximate surface area is 121 Å². The number of amides is 1. The lowest BCUT2D eigenvalue weighted by Crippen LogP contribution is -2.41. The third-order valence-corrected chi connectivity index (χ3v) is 3.16. The number of carbonyl (C=O) groups is 2. The first-order valence-corrected chi connectivity index (χ1v) is 6.66. The summed E-state index contributed by atoms with van der Waals surface area (Å²) in [5, 5.41) is 13.0. The number of aryl methyl sites for hydroxylation is 1. The van der Waals surface area contributed by atoms with Crippen molar-refractivity contribution in [3.8, 4) is 0 Å². The van der Waals surface area contributed by atoms with Crippen molar-refractivity contribution in [2.45, 2.75) is 33.2 Å². The highest BCUT2D eigenvalue weighted by molar-refractivity contribution is 5.97. The summed E-state index contributed by atoms with van der Waals surface area (Å²) in [5.74, 6) is -1.00. The molecule has 0 aliphatic carbocycles. The highest BCUT2D eigenvalue weighted by Gasteiger charge is 2.25. The third kappa shape index (κ3) is 2.83. The quantitative estimate of drug-likeness (QED) is 0.866. The number of hydrogen-bond donors (Lipinski definition) is 1. The van der Waals surface area contributed by atoms with Crippen LogP contribution in [0.15, 0.2) is 12.5 Å². The van der Waals surface area contributed by atoms with Crippen LogP contribution >= 0.6 is 0 Å². The van der Waals surface area contributed by atoms with E-state index in [1.54, 1.807) is 13.8 Å². The molecule has 0 aromatic carbocycles. The van der Waals surface area contributed by atoms with Gasteiger partial charge in [-0.2, -0.15) is 10.1 Å². The fourth-order valence-electron chi connectivity index (χ4n) is 2.13. The van der Waals surface area contributed by atoms with Gasteiger partial charge in [0.25, 0.3) is 11.7 Å². The molecule has 0 spiro atoms. The van der Waals surface area contributed by atoms with E-state index in [0.29, 0.717) is 23.5 Å². The fourth-order valence-corrected chi connectivity index (χ4v) is 2.13. The van der Waals surface area contributed by atoms with Crippen LogP contribution in [0.5, 0.6) is 0 Å². The zero-order chi connectivity index (χ0) is 15.6. The van der Waals surface area contributed by atoms with Gasteiger partial charge in [0, 0.05) is 12.2 Å². The van der Waals surface area contributed by atoms with Gasteiger partial charge in [-0.1, -0.05) is 6.92 Å². The highest BCUT2D eigenvalue weighted by Crippen LogP contribution is 2.14. The molecule has 0 aliphatic rings. The molecule has 0 fully saturated rings. The first kappa shape index (κ1) is 14.9. The van der Waals surface area contributed by atoms with E-state index in [4.69, 9.17) is 5.11 Å². The third-order valence-electron chi connectivity index (χ3n) is 3.16. The molecular weight excluding hydrogens is 274 g/mol. The van der Waals surface area contributed by atoms with Gasteiger partial charge >= 0.3 is 5.97 Å².